The summed E-state index contributed by atoms with van der Waals surface area (Å²) in [5.41, 5.74) is 7.87. The van der Waals surface area contributed by atoms with E-state index in [-0.39, 0.29) is 0 Å². The first-order valence-corrected chi connectivity index (χ1v) is 5.47. The van der Waals surface area contributed by atoms with Crippen molar-refractivity contribution in [3.05, 3.63) is 71.8 Å². The predicted octanol–water partition coefficient (Wildman–Crippen LogP) is 2.99. The van der Waals surface area contributed by atoms with Crippen molar-refractivity contribution in [3.8, 4) is 0 Å². The molecule has 0 fully saturated rings. The van der Waals surface area contributed by atoms with E-state index in [1.54, 1.807) is 0 Å². The van der Waals surface area contributed by atoms with Gasteiger partial charge in [-0.1, -0.05) is 55.5 Å². The van der Waals surface area contributed by atoms with Gasteiger partial charge in [-0.25, -0.2) is 0 Å². The Balaban J connectivity index is 0.000000160. The molecule has 0 aliphatic heterocycles. The van der Waals surface area contributed by atoms with Gasteiger partial charge in [0.25, 0.3) is 0 Å². The number of benzene rings is 2. The molecular weight excluding hydrogens is 194 g/mol. The van der Waals surface area contributed by atoms with Crippen LogP contribution in [0.1, 0.15) is 18.1 Å². The van der Waals surface area contributed by atoms with E-state index < -0.39 is 0 Å². The zero-order valence-electron chi connectivity index (χ0n) is 9.61. The van der Waals surface area contributed by atoms with Gasteiger partial charge in [-0.2, -0.15) is 0 Å². The maximum absolute atomic E-state index is 5.34. The second-order valence-electron chi connectivity index (χ2n) is 3.37. The Morgan fingerprint density at radius 1 is 0.875 bits per heavy atom. The third-order valence-electron chi connectivity index (χ3n) is 2.22. The molecule has 0 aliphatic carbocycles. The minimum absolute atomic E-state index is 0.620. The molecule has 2 aromatic carbocycles. The maximum atomic E-state index is 5.34. The van der Waals surface area contributed by atoms with Gasteiger partial charge >= 0.3 is 0 Å². The van der Waals surface area contributed by atoms with Crippen LogP contribution in [-0.2, 0) is 13.0 Å². The fourth-order valence-electron chi connectivity index (χ4n) is 1.21. The Morgan fingerprint density at radius 2 is 1.31 bits per heavy atom. The molecule has 0 saturated carbocycles. The normalized spacial score (nSPS) is 9.12. The molecule has 0 spiro atoms. The SMILES string of the molecule is CCc1cc[c]cc1.NCc1cc[c]cc1. The largest absolute Gasteiger partial charge is 0.326 e. The molecule has 2 rings (SSSR count). The summed E-state index contributed by atoms with van der Waals surface area (Å²) in [6, 6.07) is 21.6. The second-order valence-corrected chi connectivity index (χ2v) is 3.37. The Bertz CT molecular complexity index is 328. The average Bonchev–Trinajstić information content (AvgIpc) is 2.41. The van der Waals surface area contributed by atoms with Crippen LogP contribution in [0.15, 0.2) is 48.5 Å². The van der Waals surface area contributed by atoms with Crippen molar-refractivity contribution in [3.63, 3.8) is 0 Å². The van der Waals surface area contributed by atoms with Gasteiger partial charge in [-0.05, 0) is 29.7 Å². The van der Waals surface area contributed by atoms with E-state index in [0.717, 1.165) is 12.0 Å². The summed E-state index contributed by atoms with van der Waals surface area (Å²) in [7, 11) is 0. The van der Waals surface area contributed by atoms with E-state index in [2.05, 4.69) is 31.2 Å². The van der Waals surface area contributed by atoms with Crippen LogP contribution in [-0.4, -0.2) is 0 Å². The van der Waals surface area contributed by atoms with Crippen molar-refractivity contribution in [2.75, 3.05) is 0 Å². The zero-order valence-corrected chi connectivity index (χ0v) is 9.61. The molecule has 0 aliphatic rings. The van der Waals surface area contributed by atoms with E-state index in [4.69, 9.17) is 5.73 Å². The lowest BCUT2D eigenvalue weighted by Crippen LogP contribution is -1.94. The monoisotopic (exact) mass is 211 g/mol. The standard InChI is InChI=1S/C8H9.C7H8N/c1-2-8-6-4-3-5-7-8;8-6-7-4-2-1-3-5-7/h4-7H,2H2,1H3;2-5H,6,8H2. The smallest absolute Gasteiger partial charge is 0.0178 e. The topological polar surface area (TPSA) is 26.0 Å². The van der Waals surface area contributed by atoms with Crippen LogP contribution >= 0.6 is 0 Å². The molecule has 2 radical (unpaired) electrons. The first-order valence-electron chi connectivity index (χ1n) is 5.47. The first kappa shape index (κ1) is 12.5. The van der Waals surface area contributed by atoms with Crippen molar-refractivity contribution in [1.82, 2.24) is 0 Å². The number of hydrogen-bond donors (Lipinski definition) is 1. The molecule has 0 amide bonds. The third kappa shape index (κ3) is 4.76. The molecule has 0 saturated heterocycles. The van der Waals surface area contributed by atoms with Gasteiger partial charge in [0.05, 0.1) is 0 Å². The van der Waals surface area contributed by atoms with Gasteiger partial charge in [0, 0.05) is 6.54 Å². The molecule has 0 aromatic heterocycles. The highest BCUT2D eigenvalue weighted by Crippen LogP contribution is 1.96. The highest BCUT2D eigenvalue weighted by molar-refractivity contribution is 5.13. The molecule has 82 valence electrons. The summed E-state index contributed by atoms with van der Waals surface area (Å²) in [5.74, 6) is 0. The van der Waals surface area contributed by atoms with Crippen LogP contribution in [0.25, 0.3) is 0 Å². The summed E-state index contributed by atoms with van der Waals surface area (Å²) in [6.07, 6.45) is 1.12. The highest BCUT2D eigenvalue weighted by Gasteiger charge is 1.81. The molecule has 0 unspecified atom stereocenters. The van der Waals surface area contributed by atoms with Crippen molar-refractivity contribution in [2.45, 2.75) is 19.9 Å². The zero-order chi connectivity index (χ0) is 11.6. The Morgan fingerprint density at radius 3 is 1.56 bits per heavy atom. The number of rotatable bonds is 2. The quantitative estimate of drug-likeness (QED) is 0.812. The molecule has 16 heavy (non-hydrogen) atoms. The van der Waals surface area contributed by atoms with Crippen molar-refractivity contribution >= 4 is 0 Å². The lowest BCUT2D eigenvalue weighted by Gasteiger charge is -1.89. The third-order valence-corrected chi connectivity index (χ3v) is 2.22. The van der Waals surface area contributed by atoms with Gasteiger partial charge in [-0.3, -0.25) is 0 Å². The van der Waals surface area contributed by atoms with Gasteiger partial charge in [0.15, 0.2) is 0 Å². The second kappa shape index (κ2) is 7.66. The fourth-order valence-corrected chi connectivity index (χ4v) is 1.21. The van der Waals surface area contributed by atoms with Crippen LogP contribution in [0, 0.1) is 12.1 Å². The maximum Gasteiger partial charge on any atom is 0.0178 e. The van der Waals surface area contributed by atoms with E-state index in [1.807, 2.05) is 36.4 Å². The van der Waals surface area contributed by atoms with Gasteiger partial charge < -0.3 is 5.73 Å². The molecular formula is C15H17N. The molecule has 1 heteroatoms. The number of hydrogen-bond acceptors (Lipinski definition) is 1. The van der Waals surface area contributed by atoms with Crippen molar-refractivity contribution < 1.29 is 0 Å². The molecule has 0 bridgehead atoms. The fraction of sp³-hybridized carbons (Fsp3) is 0.200. The Hall–Kier alpha value is -1.60. The summed E-state index contributed by atoms with van der Waals surface area (Å²) < 4.78 is 0. The molecule has 0 heterocycles. The van der Waals surface area contributed by atoms with Crippen molar-refractivity contribution in [1.29, 1.82) is 0 Å². The summed E-state index contributed by atoms with van der Waals surface area (Å²) in [6.45, 7) is 2.77. The Kier molecular flexibility index (Phi) is 5.97. The summed E-state index contributed by atoms with van der Waals surface area (Å²) in [4.78, 5) is 0. The number of nitrogens with two attached hydrogens (primary N) is 1. The molecule has 1 nitrogen and oxygen atoms in total. The van der Waals surface area contributed by atoms with Crippen LogP contribution in [0.4, 0.5) is 0 Å². The molecule has 2 aromatic rings. The molecule has 2 N–H and O–H groups in total. The predicted molar refractivity (Wildman–Crippen MR) is 67.8 cm³/mol. The number of aryl methyl sites for hydroxylation is 1. The van der Waals surface area contributed by atoms with Crippen LogP contribution in [0.5, 0.6) is 0 Å². The van der Waals surface area contributed by atoms with Gasteiger partial charge in [0.2, 0.25) is 0 Å². The van der Waals surface area contributed by atoms with Crippen LogP contribution in [0.2, 0.25) is 0 Å². The van der Waals surface area contributed by atoms with Crippen LogP contribution in [0.3, 0.4) is 0 Å². The van der Waals surface area contributed by atoms with Crippen molar-refractivity contribution in [2.24, 2.45) is 5.73 Å². The summed E-state index contributed by atoms with van der Waals surface area (Å²) >= 11 is 0. The van der Waals surface area contributed by atoms with E-state index in [0.29, 0.717) is 6.54 Å². The molecule has 0 atom stereocenters. The lowest BCUT2D eigenvalue weighted by molar-refractivity contribution is 1.07. The highest BCUT2D eigenvalue weighted by atomic mass is 14.5. The lowest BCUT2D eigenvalue weighted by atomic mass is 10.2. The van der Waals surface area contributed by atoms with Crippen LogP contribution < -0.4 is 5.73 Å². The summed E-state index contributed by atoms with van der Waals surface area (Å²) in [5, 5.41) is 0. The van der Waals surface area contributed by atoms with E-state index in [9.17, 15) is 0 Å². The van der Waals surface area contributed by atoms with E-state index >= 15 is 0 Å². The van der Waals surface area contributed by atoms with Gasteiger partial charge in [-0.15, -0.1) is 0 Å². The average molecular weight is 211 g/mol. The minimum Gasteiger partial charge on any atom is -0.326 e. The van der Waals surface area contributed by atoms with Gasteiger partial charge in [0.1, 0.15) is 0 Å². The Labute approximate surface area is 97.9 Å². The van der Waals surface area contributed by atoms with E-state index in [1.165, 1.54) is 5.56 Å². The first-order chi connectivity index (χ1) is 7.86. The minimum atomic E-state index is 0.620.